The molecule has 4 aromatic rings. The number of nitrogens with two attached hydrogens (primary N) is 1. The maximum atomic E-state index is 6.14. The van der Waals surface area contributed by atoms with E-state index in [0.717, 1.165) is 27.4 Å². The van der Waals surface area contributed by atoms with Crippen molar-refractivity contribution < 1.29 is 4.42 Å². The van der Waals surface area contributed by atoms with Crippen molar-refractivity contribution in [3.05, 3.63) is 60.7 Å². The lowest BCUT2D eigenvalue weighted by Crippen LogP contribution is -1.91. The molecular weight excluding hydrogens is 248 g/mol. The Kier molecular flexibility index (Phi) is 2.27. The van der Waals surface area contributed by atoms with E-state index in [-0.39, 0.29) is 0 Å². The Morgan fingerprint density at radius 2 is 1.65 bits per heavy atom. The maximum absolute atomic E-state index is 6.14. The normalized spacial score (nSPS) is 11.2. The van der Waals surface area contributed by atoms with E-state index in [9.17, 15) is 0 Å². The van der Waals surface area contributed by atoms with E-state index in [1.807, 2.05) is 54.6 Å². The molecule has 0 radical (unpaired) electrons. The van der Waals surface area contributed by atoms with Gasteiger partial charge in [-0.15, -0.1) is 0 Å². The summed E-state index contributed by atoms with van der Waals surface area (Å²) in [7, 11) is 0. The smallest absolute Gasteiger partial charge is 0.230 e. The van der Waals surface area contributed by atoms with Crippen LogP contribution < -0.4 is 5.73 Å². The number of nitrogens with zero attached hydrogens (tertiary/aromatic N) is 1. The van der Waals surface area contributed by atoms with Crippen molar-refractivity contribution in [3.63, 3.8) is 0 Å². The number of nitrogen functional groups attached to an aromatic ring is 1. The van der Waals surface area contributed by atoms with Crippen LogP contribution in [0.15, 0.2) is 65.1 Å². The van der Waals surface area contributed by atoms with E-state index in [4.69, 9.17) is 10.2 Å². The molecule has 0 aliphatic rings. The highest BCUT2D eigenvalue weighted by Crippen LogP contribution is 2.34. The summed E-state index contributed by atoms with van der Waals surface area (Å²) in [5, 5.41) is 2.18. The molecule has 0 amide bonds. The Balaban J connectivity index is 2.08. The van der Waals surface area contributed by atoms with Gasteiger partial charge in [-0.2, -0.15) is 0 Å². The average Bonchev–Trinajstić information content (AvgIpc) is 2.90. The third-order valence-electron chi connectivity index (χ3n) is 3.47. The van der Waals surface area contributed by atoms with Gasteiger partial charge in [-0.25, -0.2) is 4.98 Å². The van der Waals surface area contributed by atoms with E-state index in [0.29, 0.717) is 11.6 Å². The molecular formula is C17H12N2O. The quantitative estimate of drug-likeness (QED) is 0.521. The number of rotatable bonds is 1. The van der Waals surface area contributed by atoms with Crippen molar-refractivity contribution in [3.8, 4) is 11.5 Å². The van der Waals surface area contributed by atoms with Gasteiger partial charge >= 0.3 is 0 Å². The number of fused-ring (bicyclic) bond motifs is 2. The minimum absolute atomic E-state index is 0.570. The maximum Gasteiger partial charge on any atom is 0.230 e. The van der Waals surface area contributed by atoms with Gasteiger partial charge in [0.25, 0.3) is 0 Å². The summed E-state index contributed by atoms with van der Waals surface area (Å²) in [6.07, 6.45) is 0. The molecule has 3 heteroatoms. The second kappa shape index (κ2) is 4.10. The summed E-state index contributed by atoms with van der Waals surface area (Å²) in [6, 6.07) is 19.7. The lowest BCUT2D eigenvalue weighted by atomic mass is 10.0. The van der Waals surface area contributed by atoms with Crippen LogP contribution in [0.3, 0.4) is 0 Å². The number of benzene rings is 3. The van der Waals surface area contributed by atoms with Gasteiger partial charge in [0.15, 0.2) is 5.58 Å². The number of hydrogen-bond donors (Lipinski definition) is 1. The van der Waals surface area contributed by atoms with Crippen LogP contribution in [0.5, 0.6) is 0 Å². The van der Waals surface area contributed by atoms with Crippen molar-refractivity contribution >= 4 is 27.6 Å². The van der Waals surface area contributed by atoms with Crippen LogP contribution in [0.25, 0.3) is 33.3 Å². The van der Waals surface area contributed by atoms with Crippen molar-refractivity contribution in [1.29, 1.82) is 0 Å². The summed E-state index contributed by atoms with van der Waals surface area (Å²) >= 11 is 0. The predicted molar refractivity (Wildman–Crippen MR) is 81.4 cm³/mol. The summed E-state index contributed by atoms with van der Waals surface area (Å²) in [6.45, 7) is 0. The molecule has 4 rings (SSSR count). The van der Waals surface area contributed by atoms with Crippen molar-refractivity contribution in [2.45, 2.75) is 0 Å². The first kappa shape index (κ1) is 11.1. The molecule has 0 unspecified atom stereocenters. The zero-order chi connectivity index (χ0) is 13.5. The van der Waals surface area contributed by atoms with Gasteiger partial charge in [0.2, 0.25) is 5.89 Å². The molecule has 20 heavy (non-hydrogen) atoms. The van der Waals surface area contributed by atoms with Crippen LogP contribution >= 0.6 is 0 Å². The summed E-state index contributed by atoms with van der Waals surface area (Å²) in [5.41, 5.74) is 9.29. The second-order valence-electron chi connectivity index (χ2n) is 4.74. The molecule has 0 bridgehead atoms. The first-order valence-electron chi connectivity index (χ1n) is 6.46. The molecule has 1 aromatic heterocycles. The van der Waals surface area contributed by atoms with Gasteiger partial charge in [-0.1, -0.05) is 42.5 Å². The van der Waals surface area contributed by atoms with E-state index >= 15 is 0 Å². The van der Waals surface area contributed by atoms with Crippen LogP contribution in [-0.2, 0) is 0 Å². The number of aromatic nitrogens is 1. The number of anilines is 1. The fourth-order valence-corrected chi connectivity index (χ4v) is 2.51. The summed E-state index contributed by atoms with van der Waals surface area (Å²) < 4.78 is 5.85. The van der Waals surface area contributed by atoms with E-state index < -0.39 is 0 Å². The highest BCUT2D eigenvalue weighted by molar-refractivity contribution is 6.01. The molecule has 0 saturated heterocycles. The van der Waals surface area contributed by atoms with Crippen molar-refractivity contribution in [2.75, 3.05) is 5.73 Å². The zero-order valence-electron chi connectivity index (χ0n) is 10.7. The lowest BCUT2D eigenvalue weighted by molar-refractivity contribution is 0.621. The number of oxazole rings is 1. The highest BCUT2D eigenvalue weighted by Gasteiger charge is 2.14. The van der Waals surface area contributed by atoms with Gasteiger partial charge in [0, 0.05) is 5.69 Å². The first-order chi connectivity index (χ1) is 9.83. The SMILES string of the molecule is Nc1ccc2ccccc2c1-c1nc2ccccc2o1. The third-order valence-corrected chi connectivity index (χ3v) is 3.47. The molecule has 0 atom stereocenters. The Bertz CT molecular complexity index is 891. The van der Waals surface area contributed by atoms with Gasteiger partial charge in [0.1, 0.15) is 5.52 Å². The first-order valence-corrected chi connectivity index (χ1v) is 6.46. The fourth-order valence-electron chi connectivity index (χ4n) is 2.51. The number of hydrogen-bond acceptors (Lipinski definition) is 3. The second-order valence-corrected chi connectivity index (χ2v) is 4.74. The Morgan fingerprint density at radius 1 is 0.850 bits per heavy atom. The molecule has 0 fully saturated rings. The van der Waals surface area contributed by atoms with Crippen molar-refractivity contribution in [2.24, 2.45) is 0 Å². The predicted octanol–water partition coefficient (Wildman–Crippen LogP) is 4.23. The molecule has 96 valence electrons. The molecule has 1 heterocycles. The summed E-state index contributed by atoms with van der Waals surface area (Å²) in [5.74, 6) is 0.570. The molecule has 3 aromatic carbocycles. The fraction of sp³-hybridized carbons (Fsp3) is 0. The van der Waals surface area contributed by atoms with Crippen LogP contribution in [0.2, 0.25) is 0 Å². The standard InChI is InChI=1S/C17H12N2O/c18-13-10-9-11-5-1-2-6-12(11)16(13)17-19-14-7-3-4-8-15(14)20-17/h1-10H,18H2. The average molecular weight is 260 g/mol. The highest BCUT2D eigenvalue weighted by atomic mass is 16.3. The Hall–Kier alpha value is -2.81. The van der Waals surface area contributed by atoms with Gasteiger partial charge in [-0.3, -0.25) is 0 Å². The van der Waals surface area contributed by atoms with Crippen LogP contribution in [0.1, 0.15) is 0 Å². The summed E-state index contributed by atoms with van der Waals surface area (Å²) in [4.78, 5) is 4.55. The van der Waals surface area contributed by atoms with Crippen molar-refractivity contribution in [1.82, 2.24) is 4.98 Å². The minimum Gasteiger partial charge on any atom is -0.436 e. The minimum atomic E-state index is 0.570. The van der Waals surface area contributed by atoms with Gasteiger partial charge < -0.3 is 10.2 Å². The van der Waals surface area contributed by atoms with Gasteiger partial charge in [-0.05, 0) is 29.0 Å². The molecule has 0 saturated carbocycles. The van der Waals surface area contributed by atoms with Crippen LogP contribution in [-0.4, -0.2) is 4.98 Å². The van der Waals surface area contributed by atoms with Crippen LogP contribution in [0, 0.1) is 0 Å². The van der Waals surface area contributed by atoms with Crippen LogP contribution in [0.4, 0.5) is 5.69 Å². The molecule has 0 aliphatic heterocycles. The topological polar surface area (TPSA) is 52.0 Å². The monoisotopic (exact) mass is 260 g/mol. The zero-order valence-corrected chi connectivity index (χ0v) is 10.7. The Labute approximate surface area is 115 Å². The lowest BCUT2D eigenvalue weighted by Gasteiger charge is -2.06. The number of para-hydroxylation sites is 2. The Morgan fingerprint density at radius 3 is 2.55 bits per heavy atom. The molecule has 2 N–H and O–H groups in total. The molecule has 3 nitrogen and oxygen atoms in total. The molecule has 0 spiro atoms. The third kappa shape index (κ3) is 1.57. The van der Waals surface area contributed by atoms with E-state index in [2.05, 4.69) is 11.1 Å². The molecule has 0 aliphatic carbocycles. The van der Waals surface area contributed by atoms with Gasteiger partial charge in [0.05, 0.1) is 5.56 Å². The largest absolute Gasteiger partial charge is 0.436 e. The van der Waals surface area contributed by atoms with E-state index in [1.165, 1.54) is 0 Å². The van der Waals surface area contributed by atoms with E-state index in [1.54, 1.807) is 0 Å².